The van der Waals surface area contributed by atoms with Gasteiger partial charge in [-0.1, -0.05) is 57.0 Å². The highest BCUT2D eigenvalue weighted by Gasteiger charge is 2.16. The molecule has 5 N–H and O–H groups in total. The number of hydrogen-bond donors (Lipinski definition) is 5. The number of anilines is 1. The predicted octanol–water partition coefficient (Wildman–Crippen LogP) is 3.18. The largest absolute Gasteiger partial charge is 0.491 e. The van der Waals surface area contributed by atoms with Crippen LogP contribution in [0.1, 0.15) is 45.1 Å². The third kappa shape index (κ3) is 17.8. The van der Waals surface area contributed by atoms with Gasteiger partial charge in [-0.3, -0.25) is 9.69 Å². The number of nitrogens with one attached hydrogen (secondary N) is 2. The third-order valence-electron chi connectivity index (χ3n) is 7.08. The lowest BCUT2D eigenvalue weighted by Crippen LogP contribution is -2.46. The van der Waals surface area contributed by atoms with Gasteiger partial charge in [0.2, 0.25) is 5.91 Å². The Morgan fingerprint density at radius 3 is 2.09 bits per heavy atom. The number of carboxylic acid groups (broad SMARTS) is 2. The van der Waals surface area contributed by atoms with Crippen molar-refractivity contribution in [3.63, 3.8) is 0 Å². The van der Waals surface area contributed by atoms with Gasteiger partial charge in [0.25, 0.3) is 0 Å². The number of nitrogens with zero attached hydrogens (tertiary/aromatic N) is 2. The molecule has 2 aromatic rings. The molecule has 1 amide bonds. The highest BCUT2D eigenvalue weighted by atomic mass is 16.5. The molecule has 1 atom stereocenters. The van der Waals surface area contributed by atoms with Crippen LogP contribution in [0, 0.1) is 0 Å². The summed E-state index contributed by atoms with van der Waals surface area (Å²) in [6.45, 7) is 11.2. The van der Waals surface area contributed by atoms with E-state index in [1.807, 2.05) is 38.1 Å². The quantitative estimate of drug-likeness (QED) is 0.123. The topological polar surface area (TPSA) is 152 Å². The summed E-state index contributed by atoms with van der Waals surface area (Å²) in [5.74, 6) is -1.76. The Balaban J connectivity index is 0.000000777. The summed E-state index contributed by atoms with van der Waals surface area (Å²) in [6.07, 6.45) is 5.53. The molecule has 1 aliphatic rings. The summed E-state index contributed by atoms with van der Waals surface area (Å²) in [4.78, 5) is 36.4. The minimum Gasteiger partial charge on any atom is -0.491 e. The number of rotatable bonds is 18. The standard InChI is InChI=1S/C30H46N4O3.C4H4O4/c1-25(2)32-23-28(35)24-37-29-14-12-26(13-15-29)22-30(36)31-16-8-3-4-9-17-33-18-20-34(21-19-33)27-10-6-5-7-11-27;5-3(6)1-2-4(7)8/h5-7,10-15,25,28,32,35H,3-4,8-9,16-24H2,1-2H3,(H,31,36);1-2H,(H,5,6)(H,7,8)/t28-;/m0./s1. The predicted molar refractivity (Wildman–Crippen MR) is 176 cm³/mol. The van der Waals surface area contributed by atoms with E-state index in [2.05, 4.69) is 50.8 Å². The fourth-order valence-corrected chi connectivity index (χ4v) is 4.63. The summed E-state index contributed by atoms with van der Waals surface area (Å²) < 4.78 is 5.64. The maximum absolute atomic E-state index is 12.3. The zero-order valence-corrected chi connectivity index (χ0v) is 26.6. The molecule has 0 aliphatic carbocycles. The van der Waals surface area contributed by atoms with Gasteiger partial charge >= 0.3 is 11.9 Å². The van der Waals surface area contributed by atoms with Crippen molar-refractivity contribution < 1.29 is 34.4 Å². The van der Waals surface area contributed by atoms with Gasteiger partial charge in [-0.25, -0.2) is 9.59 Å². The third-order valence-corrected chi connectivity index (χ3v) is 7.08. The van der Waals surface area contributed by atoms with Crippen LogP contribution in [-0.4, -0.2) is 103 Å². The lowest BCUT2D eigenvalue weighted by atomic mass is 10.1. The maximum atomic E-state index is 12.3. The molecule has 11 heteroatoms. The van der Waals surface area contributed by atoms with Crippen molar-refractivity contribution in [2.75, 3.05) is 57.3 Å². The number of aliphatic carboxylic acids is 2. The molecule has 0 spiro atoms. The Labute approximate surface area is 266 Å². The van der Waals surface area contributed by atoms with E-state index in [0.29, 0.717) is 36.9 Å². The average molecular weight is 627 g/mol. The SMILES string of the molecule is CC(C)NC[C@H](O)COc1ccc(CC(=O)NCCCCCCN2CCN(c3ccccc3)CC2)cc1.O=C(O)C=CC(=O)O. The minimum atomic E-state index is -1.26. The number of carbonyl (C=O) groups excluding carboxylic acids is 1. The van der Waals surface area contributed by atoms with Gasteiger partial charge in [0.1, 0.15) is 18.5 Å². The number of carbonyl (C=O) groups is 3. The van der Waals surface area contributed by atoms with Crippen molar-refractivity contribution in [2.24, 2.45) is 0 Å². The van der Waals surface area contributed by atoms with E-state index in [9.17, 15) is 19.5 Å². The Morgan fingerprint density at radius 1 is 0.867 bits per heavy atom. The Morgan fingerprint density at radius 2 is 1.49 bits per heavy atom. The first-order chi connectivity index (χ1) is 21.6. The van der Waals surface area contributed by atoms with Crippen LogP contribution < -0.4 is 20.3 Å². The first kappa shape index (κ1) is 37.3. The van der Waals surface area contributed by atoms with Crippen LogP contribution >= 0.6 is 0 Å². The van der Waals surface area contributed by atoms with E-state index in [1.54, 1.807) is 0 Å². The number of benzene rings is 2. The number of aliphatic hydroxyl groups is 1. The number of carboxylic acids is 2. The van der Waals surface area contributed by atoms with Gasteiger partial charge < -0.3 is 35.6 Å². The van der Waals surface area contributed by atoms with E-state index in [4.69, 9.17) is 14.9 Å². The number of aliphatic hydroxyl groups excluding tert-OH is 1. The highest BCUT2D eigenvalue weighted by Crippen LogP contribution is 2.16. The summed E-state index contributed by atoms with van der Waals surface area (Å²) >= 11 is 0. The number of hydrogen-bond acceptors (Lipinski definition) is 8. The van der Waals surface area contributed by atoms with E-state index < -0.39 is 18.0 Å². The van der Waals surface area contributed by atoms with Gasteiger partial charge in [-0.05, 0) is 49.2 Å². The first-order valence-electron chi connectivity index (χ1n) is 15.7. The summed E-state index contributed by atoms with van der Waals surface area (Å²) in [6, 6.07) is 18.5. The fourth-order valence-electron chi connectivity index (χ4n) is 4.63. The smallest absolute Gasteiger partial charge is 0.328 e. The van der Waals surface area contributed by atoms with Crippen LogP contribution in [0.25, 0.3) is 0 Å². The van der Waals surface area contributed by atoms with Crippen LogP contribution in [0.5, 0.6) is 5.75 Å². The molecule has 1 heterocycles. The lowest BCUT2D eigenvalue weighted by molar-refractivity contribution is -0.134. The summed E-state index contributed by atoms with van der Waals surface area (Å²) in [5, 5.41) is 31.8. The fraction of sp³-hybridized carbons (Fsp3) is 0.500. The Hall–Kier alpha value is -3.93. The number of para-hydroxylation sites is 1. The number of piperazine rings is 1. The zero-order chi connectivity index (χ0) is 32.9. The second kappa shape index (κ2) is 21.7. The summed E-state index contributed by atoms with van der Waals surface area (Å²) in [7, 11) is 0. The minimum absolute atomic E-state index is 0.0557. The van der Waals surface area contributed by atoms with Gasteiger partial charge in [-0.2, -0.15) is 0 Å². The number of amides is 1. The molecule has 45 heavy (non-hydrogen) atoms. The number of unbranched alkanes of at least 4 members (excludes halogenated alkanes) is 3. The molecule has 1 saturated heterocycles. The van der Waals surface area contributed by atoms with Crippen molar-refractivity contribution in [1.82, 2.24) is 15.5 Å². The molecule has 0 radical (unpaired) electrons. The number of ether oxygens (including phenoxy) is 1. The molecule has 1 fully saturated rings. The highest BCUT2D eigenvalue weighted by molar-refractivity contribution is 5.89. The maximum Gasteiger partial charge on any atom is 0.328 e. The lowest BCUT2D eigenvalue weighted by Gasteiger charge is -2.36. The van der Waals surface area contributed by atoms with Crippen LogP contribution in [0.3, 0.4) is 0 Å². The average Bonchev–Trinajstić information content (AvgIpc) is 3.03. The molecule has 0 unspecified atom stereocenters. The van der Waals surface area contributed by atoms with Gasteiger partial charge in [-0.15, -0.1) is 0 Å². The molecule has 0 aromatic heterocycles. The van der Waals surface area contributed by atoms with E-state index in [1.165, 1.54) is 25.1 Å². The molecule has 0 saturated carbocycles. The van der Waals surface area contributed by atoms with Crippen molar-refractivity contribution in [3.8, 4) is 5.75 Å². The zero-order valence-electron chi connectivity index (χ0n) is 26.6. The van der Waals surface area contributed by atoms with Crippen LogP contribution in [0.2, 0.25) is 0 Å². The second-order valence-corrected chi connectivity index (χ2v) is 11.3. The molecule has 2 aromatic carbocycles. The molecular formula is C34H50N4O7. The molecule has 0 bridgehead atoms. The van der Waals surface area contributed by atoms with Crippen LogP contribution in [0.4, 0.5) is 5.69 Å². The van der Waals surface area contributed by atoms with Gasteiger partial charge in [0.15, 0.2) is 0 Å². The molecule has 248 valence electrons. The van der Waals surface area contributed by atoms with Crippen LogP contribution in [0.15, 0.2) is 66.7 Å². The van der Waals surface area contributed by atoms with E-state index in [-0.39, 0.29) is 12.5 Å². The molecule has 11 nitrogen and oxygen atoms in total. The monoisotopic (exact) mass is 626 g/mol. The van der Waals surface area contributed by atoms with Crippen molar-refractivity contribution in [1.29, 1.82) is 0 Å². The van der Waals surface area contributed by atoms with Crippen molar-refractivity contribution in [2.45, 2.75) is 58.1 Å². The van der Waals surface area contributed by atoms with Gasteiger partial charge in [0.05, 0.1) is 6.42 Å². The normalized spacial score (nSPS) is 14.1. The Kier molecular flexibility index (Phi) is 18.0. The van der Waals surface area contributed by atoms with Crippen molar-refractivity contribution in [3.05, 3.63) is 72.3 Å². The van der Waals surface area contributed by atoms with Gasteiger partial charge in [0, 0.05) is 63.1 Å². The first-order valence-corrected chi connectivity index (χ1v) is 15.7. The second-order valence-electron chi connectivity index (χ2n) is 11.3. The van der Waals surface area contributed by atoms with Crippen molar-refractivity contribution >= 4 is 23.5 Å². The Bertz CT molecular complexity index is 1130. The van der Waals surface area contributed by atoms with Crippen LogP contribution in [-0.2, 0) is 20.8 Å². The van der Waals surface area contributed by atoms with E-state index in [0.717, 1.165) is 51.1 Å². The molecule has 3 rings (SSSR count). The summed E-state index contributed by atoms with van der Waals surface area (Å²) in [5.41, 5.74) is 2.29. The molecule has 1 aliphatic heterocycles. The molecular weight excluding hydrogens is 576 g/mol. The van der Waals surface area contributed by atoms with E-state index >= 15 is 0 Å².